The minimum Gasteiger partial charge on any atom is -0.390 e. The first kappa shape index (κ1) is 12.7. The molecule has 1 saturated heterocycles. The van der Waals surface area contributed by atoms with E-state index in [1.54, 1.807) is 0 Å². The van der Waals surface area contributed by atoms with E-state index < -0.39 is 5.60 Å². The van der Waals surface area contributed by atoms with Crippen LogP contribution in [-0.2, 0) is 0 Å². The van der Waals surface area contributed by atoms with Crippen molar-refractivity contribution < 1.29 is 9.90 Å². The van der Waals surface area contributed by atoms with Gasteiger partial charge in [0.1, 0.15) is 0 Å². The van der Waals surface area contributed by atoms with Gasteiger partial charge in [-0.3, -0.25) is 0 Å². The van der Waals surface area contributed by atoms with Crippen molar-refractivity contribution >= 4 is 6.03 Å². The Bertz CT molecular complexity index is 309. The van der Waals surface area contributed by atoms with Gasteiger partial charge in [0.15, 0.2) is 0 Å². The average molecular weight is 240 g/mol. The summed E-state index contributed by atoms with van der Waals surface area (Å²) in [5, 5.41) is 13.3. The molecule has 4 nitrogen and oxygen atoms in total. The Morgan fingerprint density at radius 1 is 1.35 bits per heavy atom. The molecule has 0 spiro atoms. The highest BCUT2D eigenvalue weighted by atomic mass is 16.3. The molecular weight excluding hydrogens is 216 g/mol. The standard InChI is InChI=1S/C13H24N2O2/c1-9-7-15(11(16)14-9)10-5-12(2,3)8-13(4,17)6-10/h9-10,17H,5-8H2,1-4H3,(H,14,16). The highest BCUT2D eigenvalue weighted by molar-refractivity contribution is 5.77. The van der Waals surface area contributed by atoms with Crippen molar-refractivity contribution in [1.82, 2.24) is 10.2 Å². The predicted molar refractivity (Wildman–Crippen MR) is 66.7 cm³/mol. The summed E-state index contributed by atoms with van der Waals surface area (Å²) < 4.78 is 0. The lowest BCUT2D eigenvalue weighted by Crippen LogP contribution is -2.50. The molecule has 2 fully saturated rings. The molecule has 0 radical (unpaired) electrons. The van der Waals surface area contributed by atoms with Crippen molar-refractivity contribution in [2.24, 2.45) is 5.41 Å². The van der Waals surface area contributed by atoms with E-state index in [9.17, 15) is 9.90 Å². The van der Waals surface area contributed by atoms with Crippen LogP contribution in [0.4, 0.5) is 4.79 Å². The normalized spacial score (nSPS) is 41.5. The molecule has 0 aromatic carbocycles. The van der Waals surface area contributed by atoms with Gasteiger partial charge in [-0.05, 0) is 38.5 Å². The molecule has 0 bridgehead atoms. The fourth-order valence-corrected chi connectivity index (χ4v) is 3.65. The molecular formula is C13H24N2O2. The number of amides is 2. The van der Waals surface area contributed by atoms with Crippen molar-refractivity contribution in [1.29, 1.82) is 0 Å². The number of urea groups is 1. The number of hydrogen-bond acceptors (Lipinski definition) is 2. The van der Waals surface area contributed by atoms with Gasteiger partial charge in [0.05, 0.1) is 5.60 Å². The highest BCUT2D eigenvalue weighted by Gasteiger charge is 2.44. The summed E-state index contributed by atoms with van der Waals surface area (Å²) in [5.41, 5.74) is -0.558. The number of carbonyl (C=O) groups excluding carboxylic acids is 1. The van der Waals surface area contributed by atoms with Gasteiger partial charge in [-0.2, -0.15) is 0 Å². The number of carbonyl (C=O) groups is 1. The third-order valence-corrected chi connectivity index (χ3v) is 3.87. The molecule has 1 aliphatic heterocycles. The van der Waals surface area contributed by atoms with Gasteiger partial charge >= 0.3 is 6.03 Å². The van der Waals surface area contributed by atoms with Crippen molar-refractivity contribution in [3.63, 3.8) is 0 Å². The Morgan fingerprint density at radius 2 is 2.00 bits per heavy atom. The molecule has 98 valence electrons. The van der Waals surface area contributed by atoms with Gasteiger partial charge in [0, 0.05) is 18.6 Å². The van der Waals surface area contributed by atoms with E-state index in [-0.39, 0.29) is 23.5 Å². The van der Waals surface area contributed by atoms with E-state index in [0.717, 1.165) is 19.4 Å². The maximum absolute atomic E-state index is 11.8. The number of nitrogens with zero attached hydrogens (tertiary/aromatic N) is 1. The van der Waals surface area contributed by atoms with Crippen molar-refractivity contribution in [2.45, 2.75) is 64.6 Å². The van der Waals surface area contributed by atoms with E-state index in [0.29, 0.717) is 6.42 Å². The van der Waals surface area contributed by atoms with Gasteiger partial charge < -0.3 is 15.3 Å². The van der Waals surface area contributed by atoms with Gasteiger partial charge in [0.25, 0.3) is 0 Å². The topological polar surface area (TPSA) is 52.6 Å². The Morgan fingerprint density at radius 3 is 2.47 bits per heavy atom. The van der Waals surface area contributed by atoms with E-state index >= 15 is 0 Å². The van der Waals surface area contributed by atoms with Crippen molar-refractivity contribution in [3.8, 4) is 0 Å². The molecule has 1 heterocycles. The van der Waals surface area contributed by atoms with Crippen LogP contribution in [0.15, 0.2) is 0 Å². The first-order chi connectivity index (χ1) is 7.69. The first-order valence-corrected chi connectivity index (χ1v) is 6.48. The predicted octanol–water partition coefficient (Wildman–Crippen LogP) is 1.73. The molecule has 1 aliphatic carbocycles. The van der Waals surface area contributed by atoms with Crippen LogP contribution in [0.5, 0.6) is 0 Å². The molecule has 0 aromatic heterocycles. The SMILES string of the molecule is CC1CN(C2CC(C)(C)CC(C)(O)C2)C(=O)N1. The van der Waals surface area contributed by atoms with Crippen LogP contribution in [-0.4, -0.2) is 40.3 Å². The van der Waals surface area contributed by atoms with Crippen LogP contribution in [0.1, 0.15) is 47.0 Å². The van der Waals surface area contributed by atoms with E-state index in [2.05, 4.69) is 19.2 Å². The molecule has 2 N–H and O–H groups in total. The highest BCUT2D eigenvalue weighted by Crippen LogP contribution is 2.42. The molecule has 17 heavy (non-hydrogen) atoms. The second-order valence-electron chi connectivity index (χ2n) is 6.90. The first-order valence-electron chi connectivity index (χ1n) is 6.48. The number of rotatable bonds is 1. The zero-order chi connectivity index (χ0) is 12.8. The Kier molecular flexibility index (Phi) is 2.89. The lowest BCUT2D eigenvalue weighted by molar-refractivity contribution is -0.0518. The largest absolute Gasteiger partial charge is 0.390 e. The fourth-order valence-electron chi connectivity index (χ4n) is 3.65. The van der Waals surface area contributed by atoms with E-state index in [1.165, 1.54) is 0 Å². The number of nitrogens with one attached hydrogen (secondary N) is 1. The molecule has 2 rings (SSSR count). The minimum absolute atomic E-state index is 0.0241. The molecule has 3 atom stereocenters. The summed E-state index contributed by atoms with van der Waals surface area (Å²) in [6, 6.07) is 0.409. The molecule has 2 aliphatic rings. The van der Waals surface area contributed by atoms with Crippen LogP contribution >= 0.6 is 0 Å². The molecule has 0 aromatic rings. The summed E-state index contributed by atoms with van der Waals surface area (Å²) in [6.45, 7) is 9.01. The van der Waals surface area contributed by atoms with Crippen molar-refractivity contribution in [3.05, 3.63) is 0 Å². The summed E-state index contributed by atoms with van der Waals surface area (Å²) >= 11 is 0. The Balaban J connectivity index is 2.13. The van der Waals surface area contributed by atoms with Crippen LogP contribution in [0.3, 0.4) is 0 Å². The van der Waals surface area contributed by atoms with Gasteiger partial charge in [-0.15, -0.1) is 0 Å². The average Bonchev–Trinajstić information content (AvgIpc) is 2.39. The quantitative estimate of drug-likeness (QED) is 0.733. The zero-order valence-electron chi connectivity index (χ0n) is 11.3. The maximum Gasteiger partial charge on any atom is 0.317 e. The molecule has 3 unspecified atom stereocenters. The Labute approximate surface area is 103 Å². The number of aliphatic hydroxyl groups is 1. The van der Waals surface area contributed by atoms with Crippen LogP contribution in [0, 0.1) is 5.41 Å². The molecule has 4 heteroatoms. The third kappa shape index (κ3) is 2.73. The second kappa shape index (κ2) is 3.87. The summed E-state index contributed by atoms with van der Waals surface area (Å²) in [4.78, 5) is 13.7. The number of hydrogen-bond donors (Lipinski definition) is 2. The summed E-state index contributed by atoms with van der Waals surface area (Å²) in [7, 11) is 0. The van der Waals surface area contributed by atoms with Crippen LogP contribution < -0.4 is 5.32 Å². The Hall–Kier alpha value is -0.770. The van der Waals surface area contributed by atoms with Gasteiger partial charge in [-0.25, -0.2) is 4.79 Å². The van der Waals surface area contributed by atoms with Gasteiger partial charge in [-0.1, -0.05) is 13.8 Å². The zero-order valence-corrected chi connectivity index (χ0v) is 11.3. The van der Waals surface area contributed by atoms with Gasteiger partial charge in [0.2, 0.25) is 0 Å². The monoisotopic (exact) mass is 240 g/mol. The van der Waals surface area contributed by atoms with E-state index in [1.807, 2.05) is 18.7 Å². The second-order valence-corrected chi connectivity index (χ2v) is 6.90. The maximum atomic E-state index is 11.8. The smallest absolute Gasteiger partial charge is 0.317 e. The minimum atomic E-state index is -0.654. The lowest BCUT2D eigenvalue weighted by atomic mass is 9.68. The van der Waals surface area contributed by atoms with Crippen LogP contribution in [0.25, 0.3) is 0 Å². The fraction of sp³-hybridized carbons (Fsp3) is 0.923. The summed E-state index contributed by atoms with van der Waals surface area (Å²) in [6.07, 6.45) is 2.47. The van der Waals surface area contributed by atoms with E-state index in [4.69, 9.17) is 0 Å². The molecule has 2 amide bonds. The van der Waals surface area contributed by atoms with Crippen LogP contribution in [0.2, 0.25) is 0 Å². The third-order valence-electron chi connectivity index (χ3n) is 3.87. The van der Waals surface area contributed by atoms with Crippen molar-refractivity contribution in [2.75, 3.05) is 6.54 Å². The summed E-state index contributed by atoms with van der Waals surface area (Å²) in [5.74, 6) is 0. The molecule has 1 saturated carbocycles. The lowest BCUT2D eigenvalue weighted by Gasteiger charge is -2.46.